The summed E-state index contributed by atoms with van der Waals surface area (Å²) in [5.74, 6) is 0.926. The molecule has 2 heterocycles. The normalized spacial score (nSPS) is 14.7. The van der Waals surface area contributed by atoms with Crippen molar-refractivity contribution in [1.29, 1.82) is 0 Å². The Morgan fingerprint density at radius 2 is 1.67 bits per heavy atom. The molecule has 1 aliphatic rings. The molecular formula is C33H38N4O2. The highest BCUT2D eigenvalue weighted by molar-refractivity contribution is 5.79. The third kappa shape index (κ3) is 6.64. The largest absolute Gasteiger partial charge is 0.387 e. The predicted octanol–water partition coefficient (Wildman–Crippen LogP) is 4.57. The smallest absolute Gasteiger partial charge is 0.224 e. The van der Waals surface area contributed by atoms with Gasteiger partial charge in [0, 0.05) is 41.8 Å². The second-order valence-electron chi connectivity index (χ2n) is 10.9. The van der Waals surface area contributed by atoms with Crippen LogP contribution in [0.15, 0.2) is 79.0 Å². The molecule has 6 nitrogen and oxygen atoms in total. The number of nitrogens with one attached hydrogen (secondary N) is 2. The van der Waals surface area contributed by atoms with E-state index in [4.69, 9.17) is 0 Å². The number of aliphatic hydroxyl groups excluding tert-OH is 1. The zero-order chi connectivity index (χ0) is 27.4. The van der Waals surface area contributed by atoms with Gasteiger partial charge in [-0.2, -0.15) is 0 Å². The second kappa shape index (κ2) is 12.0. The van der Waals surface area contributed by atoms with E-state index in [1.54, 1.807) is 6.20 Å². The molecule has 0 saturated heterocycles. The van der Waals surface area contributed by atoms with Crippen molar-refractivity contribution in [2.75, 3.05) is 6.54 Å². The number of aromatic nitrogens is 2. The van der Waals surface area contributed by atoms with Crippen LogP contribution in [-0.2, 0) is 30.5 Å². The third-order valence-corrected chi connectivity index (χ3v) is 7.63. The molecule has 4 aromatic rings. The van der Waals surface area contributed by atoms with Crippen molar-refractivity contribution in [1.82, 2.24) is 20.2 Å². The number of benzene rings is 2. The maximum Gasteiger partial charge on any atom is 0.224 e. The fourth-order valence-corrected chi connectivity index (χ4v) is 5.60. The Kier molecular flexibility index (Phi) is 8.24. The minimum absolute atomic E-state index is 0.0703. The van der Waals surface area contributed by atoms with E-state index in [0.29, 0.717) is 13.0 Å². The summed E-state index contributed by atoms with van der Waals surface area (Å²) in [5.41, 5.74) is 7.93. The van der Waals surface area contributed by atoms with Crippen LogP contribution in [-0.4, -0.2) is 39.2 Å². The standard InChI is InChI=1S/C33H38N4O2/c1-22(34-21-31(38)29-13-14-32(35-20-29)37-23(2)11-12-24(37)3)15-25-7-6-8-26(16-25)17-33(39)36-30-18-27-9-4-5-10-28(27)19-30/h4-14,16,20,22,30-31,34,38H,15,17-19,21H2,1-3H3,(H,36,39)/t22-,31+/m1/s1. The van der Waals surface area contributed by atoms with Crippen molar-refractivity contribution in [2.24, 2.45) is 0 Å². The molecule has 0 aliphatic heterocycles. The highest BCUT2D eigenvalue weighted by atomic mass is 16.3. The minimum Gasteiger partial charge on any atom is -0.387 e. The number of rotatable bonds is 10. The van der Waals surface area contributed by atoms with Gasteiger partial charge in [-0.15, -0.1) is 0 Å². The molecule has 0 fully saturated rings. The quantitative estimate of drug-likeness (QED) is 0.285. The van der Waals surface area contributed by atoms with Gasteiger partial charge < -0.3 is 20.3 Å². The molecule has 6 heteroatoms. The van der Waals surface area contributed by atoms with Crippen LogP contribution in [0.4, 0.5) is 0 Å². The number of pyridine rings is 1. The van der Waals surface area contributed by atoms with E-state index in [1.165, 1.54) is 16.7 Å². The monoisotopic (exact) mass is 522 g/mol. The molecule has 3 N–H and O–H groups in total. The lowest BCUT2D eigenvalue weighted by molar-refractivity contribution is -0.121. The zero-order valence-electron chi connectivity index (χ0n) is 23.0. The molecule has 0 bridgehead atoms. The van der Waals surface area contributed by atoms with Crippen LogP contribution in [0.2, 0.25) is 0 Å². The Morgan fingerprint density at radius 1 is 0.974 bits per heavy atom. The first-order valence-corrected chi connectivity index (χ1v) is 13.8. The van der Waals surface area contributed by atoms with E-state index in [2.05, 4.69) is 89.5 Å². The SMILES string of the molecule is Cc1ccc(C)n1-c1ccc([C@@H](O)CN[C@H](C)Cc2cccc(CC(=O)NC3Cc4ccccc4C3)c2)cn1. The number of hydrogen-bond donors (Lipinski definition) is 3. The molecule has 5 rings (SSSR count). The van der Waals surface area contributed by atoms with Crippen molar-refractivity contribution in [3.8, 4) is 5.82 Å². The average molecular weight is 523 g/mol. The van der Waals surface area contributed by atoms with Crippen LogP contribution in [0, 0.1) is 13.8 Å². The Hall–Kier alpha value is -3.74. The molecule has 0 saturated carbocycles. The number of aryl methyl sites for hydroxylation is 2. The number of hydrogen-bond acceptors (Lipinski definition) is 4. The summed E-state index contributed by atoms with van der Waals surface area (Å²) >= 11 is 0. The molecule has 0 unspecified atom stereocenters. The van der Waals surface area contributed by atoms with Crippen molar-refractivity contribution < 1.29 is 9.90 Å². The highest BCUT2D eigenvalue weighted by Gasteiger charge is 2.22. The molecule has 202 valence electrons. The Labute approximate surface area is 231 Å². The third-order valence-electron chi connectivity index (χ3n) is 7.63. The van der Waals surface area contributed by atoms with Crippen LogP contribution in [0.3, 0.4) is 0 Å². The van der Waals surface area contributed by atoms with Crippen LogP contribution in [0.25, 0.3) is 5.82 Å². The molecular weight excluding hydrogens is 484 g/mol. The molecule has 2 aromatic carbocycles. The Bertz CT molecular complexity index is 1380. The van der Waals surface area contributed by atoms with Gasteiger partial charge in [-0.05, 0) is 80.5 Å². The van der Waals surface area contributed by atoms with E-state index >= 15 is 0 Å². The van der Waals surface area contributed by atoms with Crippen molar-refractivity contribution >= 4 is 5.91 Å². The molecule has 0 radical (unpaired) electrons. The van der Waals surface area contributed by atoms with Gasteiger partial charge in [0.1, 0.15) is 5.82 Å². The minimum atomic E-state index is -0.641. The van der Waals surface area contributed by atoms with Gasteiger partial charge in [-0.1, -0.05) is 54.6 Å². The fraction of sp³-hybridized carbons (Fsp3) is 0.333. The van der Waals surface area contributed by atoms with Crippen LogP contribution in [0.1, 0.15) is 52.2 Å². The van der Waals surface area contributed by atoms with Crippen LogP contribution < -0.4 is 10.6 Å². The molecule has 1 aliphatic carbocycles. The van der Waals surface area contributed by atoms with Gasteiger partial charge in [0.25, 0.3) is 0 Å². The maximum atomic E-state index is 12.7. The highest BCUT2D eigenvalue weighted by Crippen LogP contribution is 2.22. The summed E-state index contributed by atoms with van der Waals surface area (Å²) in [7, 11) is 0. The van der Waals surface area contributed by atoms with E-state index in [-0.39, 0.29) is 18.0 Å². The van der Waals surface area contributed by atoms with Gasteiger partial charge in [-0.3, -0.25) is 4.79 Å². The zero-order valence-corrected chi connectivity index (χ0v) is 23.0. The number of carbonyl (C=O) groups excluding carboxylic acids is 1. The van der Waals surface area contributed by atoms with Crippen LogP contribution >= 0.6 is 0 Å². The summed E-state index contributed by atoms with van der Waals surface area (Å²) in [4.78, 5) is 17.3. The van der Waals surface area contributed by atoms with E-state index < -0.39 is 6.10 Å². The Balaban J connectivity index is 1.09. The number of amides is 1. The molecule has 2 atom stereocenters. The van der Waals surface area contributed by atoms with Gasteiger partial charge in [0.2, 0.25) is 5.91 Å². The Morgan fingerprint density at radius 3 is 2.33 bits per heavy atom. The summed E-state index contributed by atoms with van der Waals surface area (Å²) in [5, 5.41) is 17.4. The van der Waals surface area contributed by atoms with Gasteiger partial charge in [0.05, 0.1) is 12.5 Å². The van der Waals surface area contributed by atoms with Gasteiger partial charge >= 0.3 is 0 Å². The van der Waals surface area contributed by atoms with Crippen molar-refractivity contribution in [3.05, 3.63) is 118 Å². The number of carbonyl (C=O) groups is 1. The number of fused-ring (bicyclic) bond motifs is 1. The van der Waals surface area contributed by atoms with E-state index in [9.17, 15) is 9.90 Å². The van der Waals surface area contributed by atoms with Crippen molar-refractivity contribution in [2.45, 2.75) is 64.6 Å². The summed E-state index contributed by atoms with van der Waals surface area (Å²) in [6, 6.07) is 25.1. The van der Waals surface area contributed by atoms with Gasteiger partial charge in [-0.25, -0.2) is 4.98 Å². The lowest BCUT2D eigenvalue weighted by Crippen LogP contribution is -2.36. The fourth-order valence-electron chi connectivity index (χ4n) is 5.60. The molecule has 2 aromatic heterocycles. The second-order valence-corrected chi connectivity index (χ2v) is 10.9. The van der Waals surface area contributed by atoms with Crippen LogP contribution in [0.5, 0.6) is 0 Å². The summed E-state index contributed by atoms with van der Waals surface area (Å²) < 4.78 is 2.10. The molecule has 1 amide bonds. The first-order chi connectivity index (χ1) is 18.9. The topological polar surface area (TPSA) is 79.2 Å². The number of nitrogens with zero attached hydrogens (tertiary/aromatic N) is 2. The first kappa shape index (κ1) is 26.9. The average Bonchev–Trinajstić information content (AvgIpc) is 3.48. The van der Waals surface area contributed by atoms with E-state index in [0.717, 1.165) is 47.6 Å². The van der Waals surface area contributed by atoms with Gasteiger partial charge in [0.15, 0.2) is 0 Å². The molecule has 0 spiro atoms. The number of aliphatic hydroxyl groups is 1. The lowest BCUT2D eigenvalue weighted by atomic mass is 10.0. The van der Waals surface area contributed by atoms with Crippen molar-refractivity contribution in [3.63, 3.8) is 0 Å². The first-order valence-electron chi connectivity index (χ1n) is 13.8. The van der Waals surface area contributed by atoms with E-state index in [1.807, 2.05) is 24.3 Å². The molecule has 39 heavy (non-hydrogen) atoms. The lowest BCUT2D eigenvalue weighted by Gasteiger charge is -2.18. The maximum absolute atomic E-state index is 12.7. The summed E-state index contributed by atoms with van der Waals surface area (Å²) in [6.45, 7) is 6.67. The summed E-state index contributed by atoms with van der Waals surface area (Å²) in [6.07, 6.45) is 4.12. The predicted molar refractivity (Wildman–Crippen MR) is 155 cm³/mol.